The Bertz CT molecular complexity index is 568. The molecule has 1 N–H and O–H groups in total. The molecule has 0 spiro atoms. The molecule has 1 aromatic carbocycles. The van der Waals surface area contributed by atoms with Crippen LogP contribution in [0.5, 0.6) is 11.5 Å². The molecule has 108 valence electrons. The van der Waals surface area contributed by atoms with Crippen LogP contribution < -0.4 is 14.8 Å². The first-order valence-electron chi connectivity index (χ1n) is 6.38. The van der Waals surface area contributed by atoms with Crippen molar-refractivity contribution in [1.82, 2.24) is 25.5 Å². The average molecular weight is 277 g/mol. The van der Waals surface area contributed by atoms with Crippen molar-refractivity contribution in [1.29, 1.82) is 0 Å². The fourth-order valence-electron chi connectivity index (χ4n) is 1.77. The van der Waals surface area contributed by atoms with E-state index >= 15 is 0 Å². The first-order chi connectivity index (χ1) is 9.65. The molecule has 1 aromatic heterocycles. The molecule has 2 rings (SSSR count). The largest absolute Gasteiger partial charge is 0.493 e. The summed E-state index contributed by atoms with van der Waals surface area (Å²) in [5, 5.41) is 15.1. The van der Waals surface area contributed by atoms with Crippen molar-refractivity contribution in [2.24, 2.45) is 0 Å². The minimum absolute atomic E-state index is 0.366. The Morgan fingerprint density at radius 2 is 1.95 bits per heavy atom. The molecule has 0 aliphatic carbocycles. The van der Waals surface area contributed by atoms with Crippen molar-refractivity contribution in [3.05, 3.63) is 24.0 Å². The number of hydrogen-bond acceptors (Lipinski definition) is 6. The van der Waals surface area contributed by atoms with Crippen LogP contribution >= 0.6 is 0 Å². The van der Waals surface area contributed by atoms with E-state index in [1.807, 2.05) is 18.2 Å². The molecule has 0 bridgehead atoms. The van der Waals surface area contributed by atoms with Gasteiger partial charge in [-0.2, -0.15) is 4.68 Å². The number of ether oxygens (including phenoxy) is 2. The lowest BCUT2D eigenvalue weighted by atomic mass is 10.2. The minimum Gasteiger partial charge on any atom is -0.493 e. The van der Waals surface area contributed by atoms with Crippen LogP contribution in [0, 0.1) is 0 Å². The van der Waals surface area contributed by atoms with Gasteiger partial charge in [0.2, 0.25) is 0 Å². The summed E-state index contributed by atoms with van der Waals surface area (Å²) in [6.45, 7) is 4.74. The third kappa shape index (κ3) is 3.05. The zero-order chi connectivity index (χ0) is 14.5. The molecule has 0 saturated heterocycles. The zero-order valence-electron chi connectivity index (χ0n) is 12.1. The molecular formula is C13H19N5O2. The Morgan fingerprint density at radius 3 is 2.60 bits per heavy atom. The van der Waals surface area contributed by atoms with Crippen LogP contribution in [0.1, 0.15) is 19.7 Å². The predicted molar refractivity (Wildman–Crippen MR) is 74.2 cm³/mol. The van der Waals surface area contributed by atoms with Crippen molar-refractivity contribution < 1.29 is 9.47 Å². The Labute approximate surface area is 117 Å². The van der Waals surface area contributed by atoms with Gasteiger partial charge in [-0.05, 0) is 22.6 Å². The van der Waals surface area contributed by atoms with Gasteiger partial charge in [-0.25, -0.2) is 0 Å². The van der Waals surface area contributed by atoms with E-state index in [2.05, 4.69) is 34.7 Å². The predicted octanol–water partition coefficient (Wildman–Crippen LogP) is 1.18. The molecule has 7 nitrogen and oxygen atoms in total. The van der Waals surface area contributed by atoms with Gasteiger partial charge in [0, 0.05) is 12.1 Å². The second-order valence-corrected chi connectivity index (χ2v) is 4.58. The molecule has 0 atom stereocenters. The SMILES string of the molecule is COc1ccc(-n2nnnc2CNC(C)C)cc1OC. The maximum Gasteiger partial charge on any atom is 0.170 e. The van der Waals surface area contributed by atoms with Gasteiger partial charge in [0.25, 0.3) is 0 Å². The van der Waals surface area contributed by atoms with Crippen LogP contribution in [0.2, 0.25) is 0 Å². The fraction of sp³-hybridized carbons (Fsp3) is 0.462. The standard InChI is InChI=1S/C13H19N5O2/c1-9(2)14-8-13-15-16-17-18(13)10-5-6-11(19-3)12(7-10)20-4/h5-7,9,14H,8H2,1-4H3. The van der Waals surface area contributed by atoms with Gasteiger partial charge in [0.05, 0.1) is 26.5 Å². The monoisotopic (exact) mass is 277 g/mol. The quantitative estimate of drug-likeness (QED) is 0.854. The van der Waals surface area contributed by atoms with Gasteiger partial charge in [0.1, 0.15) is 0 Å². The minimum atomic E-state index is 0.366. The molecule has 0 unspecified atom stereocenters. The Morgan fingerprint density at radius 1 is 1.20 bits per heavy atom. The number of aromatic nitrogens is 4. The molecule has 0 saturated carbocycles. The van der Waals surface area contributed by atoms with Crippen molar-refractivity contribution in [2.45, 2.75) is 26.4 Å². The summed E-state index contributed by atoms with van der Waals surface area (Å²) >= 11 is 0. The van der Waals surface area contributed by atoms with E-state index in [1.54, 1.807) is 18.9 Å². The van der Waals surface area contributed by atoms with E-state index in [0.29, 0.717) is 24.1 Å². The topological polar surface area (TPSA) is 74.1 Å². The molecule has 20 heavy (non-hydrogen) atoms. The number of nitrogens with zero attached hydrogens (tertiary/aromatic N) is 4. The highest BCUT2D eigenvalue weighted by molar-refractivity contribution is 5.48. The van der Waals surface area contributed by atoms with Crippen LogP contribution in [0.4, 0.5) is 0 Å². The number of nitrogens with one attached hydrogen (secondary N) is 1. The maximum atomic E-state index is 5.29. The zero-order valence-corrected chi connectivity index (χ0v) is 12.1. The summed E-state index contributed by atoms with van der Waals surface area (Å²) in [4.78, 5) is 0. The van der Waals surface area contributed by atoms with Crippen LogP contribution in [0.25, 0.3) is 5.69 Å². The van der Waals surface area contributed by atoms with Gasteiger partial charge in [-0.3, -0.25) is 0 Å². The molecule has 0 amide bonds. The first kappa shape index (κ1) is 14.3. The lowest BCUT2D eigenvalue weighted by molar-refractivity contribution is 0.354. The van der Waals surface area contributed by atoms with Crippen molar-refractivity contribution >= 4 is 0 Å². The number of tetrazole rings is 1. The van der Waals surface area contributed by atoms with E-state index in [1.165, 1.54) is 0 Å². The van der Waals surface area contributed by atoms with E-state index in [4.69, 9.17) is 9.47 Å². The van der Waals surface area contributed by atoms with Gasteiger partial charge in [-0.15, -0.1) is 5.10 Å². The Kier molecular flexibility index (Phi) is 4.52. The van der Waals surface area contributed by atoms with E-state index in [0.717, 1.165) is 11.5 Å². The summed E-state index contributed by atoms with van der Waals surface area (Å²) in [7, 11) is 3.20. The number of rotatable bonds is 6. The molecule has 7 heteroatoms. The van der Waals surface area contributed by atoms with E-state index in [9.17, 15) is 0 Å². The Hall–Kier alpha value is -2.15. The number of methoxy groups -OCH3 is 2. The van der Waals surface area contributed by atoms with Crippen LogP contribution in [-0.2, 0) is 6.54 Å². The molecule has 2 aromatic rings. The molecule has 0 aliphatic rings. The van der Waals surface area contributed by atoms with Gasteiger partial charge >= 0.3 is 0 Å². The highest BCUT2D eigenvalue weighted by atomic mass is 16.5. The molecule has 0 fully saturated rings. The summed E-state index contributed by atoms with van der Waals surface area (Å²) < 4.78 is 12.2. The normalized spacial score (nSPS) is 10.8. The van der Waals surface area contributed by atoms with E-state index < -0.39 is 0 Å². The summed E-state index contributed by atoms with van der Waals surface area (Å²) in [6.07, 6.45) is 0. The lowest BCUT2D eigenvalue weighted by Gasteiger charge is -2.11. The first-order valence-corrected chi connectivity index (χ1v) is 6.38. The summed E-state index contributed by atoms with van der Waals surface area (Å²) in [5.74, 6) is 2.06. The van der Waals surface area contributed by atoms with E-state index in [-0.39, 0.29) is 0 Å². The second-order valence-electron chi connectivity index (χ2n) is 4.58. The number of hydrogen-bond donors (Lipinski definition) is 1. The van der Waals surface area contributed by atoms with Crippen LogP contribution in [0.3, 0.4) is 0 Å². The molecule has 0 aliphatic heterocycles. The highest BCUT2D eigenvalue weighted by Crippen LogP contribution is 2.28. The second kappa shape index (κ2) is 6.33. The van der Waals surface area contributed by atoms with Gasteiger partial charge in [0.15, 0.2) is 17.3 Å². The highest BCUT2D eigenvalue weighted by Gasteiger charge is 2.11. The van der Waals surface area contributed by atoms with Gasteiger partial charge < -0.3 is 14.8 Å². The number of benzene rings is 1. The molecular weight excluding hydrogens is 258 g/mol. The third-order valence-electron chi connectivity index (χ3n) is 2.81. The Balaban J connectivity index is 2.30. The van der Waals surface area contributed by atoms with Gasteiger partial charge in [-0.1, -0.05) is 13.8 Å². The smallest absolute Gasteiger partial charge is 0.170 e. The van der Waals surface area contributed by atoms with Crippen LogP contribution in [-0.4, -0.2) is 40.5 Å². The lowest BCUT2D eigenvalue weighted by Crippen LogP contribution is -2.24. The van der Waals surface area contributed by atoms with Crippen molar-refractivity contribution in [3.63, 3.8) is 0 Å². The summed E-state index contributed by atoms with van der Waals surface area (Å²) in [5.41, 5.74) is 0.827. The summed E-state index contributed by atoms with van der Waals surface area (Å²) in [6, 6.07) is 5.92. The van der Waals surface area contributed by atoms with Crippen molar-refractivity contribution in [2.75, 3.05) is 14.2 Å². The third-order valence-corrected chi connectivity index (χ3v) is 2.81. The molecule has 0 radical (unpaired) electrons. The van der Waals surface area contributed by atoms with Crippen molar-refractivity contribution in [3.8, 4) is 17.2 Å². The maximum absolute atomic E-state index is 5.29. The van der Waals surface area contributed by atoms with Crippen LogP contribution in [0.15, 0.2) is 18.2 Å². The fourth-order valence-corrected chi connectivity index (χ4v) is 1.77. The molecule has 1 heterocycles. The average Bonchev–Trinajstić information content (AvgIpc) is 2.92.